The van der Waals surface area contributed by atoms with Crippen LogP contribution in [0.25, 0.3) is 0 Å². The summed E-state index contributed by atoms with van der Waals surface area (Å²) in [6.45, 7) is 3.16. The molecule has 0 spiro atoms. The molecule has 0 aromatic heterocycles. The number of methoxy groups -OCH3 is 1. The van der Waals surface area contributed by atoms with Crippen LogP contribution in [0.15, 0.2) is 30.9 Å². The Labute approximate surface area is 91.9 Å². The Balaban J connectivity index is 2.92. The van der Waals surface area contributed by atoms with E-state index in [-0.39, 0.29) is 17.1 Å². The van der Waals surface area contributed by atoms with Crippen molar-refractivity contribution in [3.63, 3.8) is 0 Å². The van der Waals surface area contributed by atoms with E-state index in [4.69, 9.17) is 4.74 Å². The molecule has 5 nitrogen and oxygen atoms in total. The lowest BCUT2D eigenvalue weighted by molar-refractivity contribution is -0.132. The highest BCUT2D eigenvalue weighted by molar-refractivity contribution is 6.00. The smallest absolute Gasteiger partial charge is 0.346 e. The lowest BCUT2D eigenvalue weighted by Gasteiger charge is -2.05. The van der Waals surface area contributed by atoms with Gasteiger partial charge in [0.05, 0.1) is 12.7 Å². The topological polar surface area (TPSA) is 72.8 Å². The number of benzene rings is 1. The van der Waals surface area contributed by atoms with Gasteiger partial charge in [0.25, 0.3) is 0 Å². The number of hydrogen-bond donors (Lipinski definition) is 1. The maximum atomic E-state index is 11.4. The number of carbonyl (C=O) groups excluding carboxylic acids is 2. The number of esters is 2. The molecule has 84 valence electrons. The fourth-order valence-corrected chi connectivity index (χ4v) is 0.997. The first-order valence-corrected chi connectivity index (χ1v) is 4.34. The van der Waals surface area contributed by atoms with E-state index in [9.17, 15) is 14.7 Å². The van der Waals surface area contributed by atoms with Crippen LogP contribution in [0.1, 0.15) is 10.4 Å². The van der Waals surface area contributed by atoms with Gasteiger partial charge in [-0.2, -0.15) is 0 Å². The van der Waals surface area contributed by atoms with Gasteiger partial charge < -0.3 is 14.6 Å². The highest BCUT2D eigenvalue weighted by Gasteiger charge is 2.13. The van der Waals surface area contributed by atoms with Crippen molar-refractivity contribution in [2.75, 3.05) is 7.11 Å². The van der Waals surface area contributed by atoms with Crippen LogP contribution in [0.4, 0.5) is 0 Å². The zero-order chi connectivity index (χ0) is 12.1. The van der Waals surface area contributed by atoms with Gasteiger partial charge in [-0.1, -0.05) is 6.58 Å². The molecule has 0 aliphatic carbocycles. The summed E-state index contributed by atoms with van der Waals surface area (Å²) < 4.78 is 9.20. The third-order valence-electron chi connectivity index (χ3n) is 1.78. The third kappa shape index (κ3) is 2.60. The maximum Gasteiger partial charge on any atom is 0.346 e. The van der Waals surface area contributed by atoms with Crippen LogP contribution < -0.4 is 4.74 Å². The lowest BCUT2D eigenvalue weighted by Crippen LogP contribution is -2.10. The highest BCUT2D eigenvalue weighted by Crippen LogP contribution is 2.26. The lowest BCUT2D eigenvalue weighted by atomic mass is 10.2. The average Bonchev–Trinajstić information content (AvgIpc) is 2.29. The summed E-state index contributed by atoms with van der Waals surface area (Å²) >= 11 is 0. The molecule has 5 heteroatoms. The number of phenolic OH excluding ortho intramolecular Hbond substituents is 1. The Bertz CT molecular complexity index is 436. The van der Waals surface area contributed by atoms with Crippen LogP contribution in [0, 0.1) is 0 Å². The van der Waals surface area contributed by atoms with Crippen molar-refractivity contribution in [2.45, 2.75) is 0 Å². The maximum absolute atomic E-state index is 11.4. The van der Waals surface area contributed by atoms with E-state index in [1.807, 2.05) is 0 Å². The van der Waals surface area contributed by atoms with Gasteiger partial charge in [-0.3, -0.25) is 0 Å². The summed E-state index contributed by atoms with van der Waals surface area (Å²) in [4.78, 5) is 22.1. The van der Waals surface area contributed by atoms with E-state index in [1.54, 1.807) is 0 Å². The molecule has 0 aliphatic heterocycles. The SMILES string of the molecule is C=CC(=O)OC(=O)c1ccc(O)c(OC)c1. The van der Waals surface area contributed by atoms with Gasteiger partial charge >= 0.3 is 11.9 Å². The Hall–Kier alpha value is -2.30. The molecule has 0 amide bonds. The number of rotatable bonds is 3. The van der Waals surface area contributed by atoms with Gasteiger partial charge in [0.2, 0.25) is 0 Å². The molecule has 16 heavy (non-hydrogen) atoms. The third-order valence-corrected chi connectivity index (χ3v) is 1.78. The van der Waals surface area contributed by atoms with E-state index in [1.165, 1.54) is 25.3 Å². The first kappa shape index (κ1) is 11.8. The zero-order valence-electron chi connectivity index (χ0n) is 8.60. The molecule has 1 N–H and O–H groups in total. The predicted molar refractivity (Wildman–Crippen MR) is 55.3 cm³/mol. The van der Waals surface area contributed by atoms with Crippen molar-refractivity contribution in [1.82, 2.24) is 0 Å². The Kier molecular flexibility index (Phi) is 3.66. The van der Waals surface area contributed by atoms with Gasteiger partial charge in [-0.15, -0.1) is 0 Å². The standard InChI is InChI=1S/C11H10O5/c1-3-10(13)16-11(14)7-4-5-8(12)9(6-7)15-2/h3-6,12H,1H2,2H3. The second-order valence-corrected chi connectivity index (χ2v) is 2.80. The summed E-state index contributed by atoms with van der Waals surface area (Å²) in [5, 5.41) is 9.28. The van der Waals surface area contributed by atoms with Gasteiger partial charge in [-0.05, 0) is 18.2 Å². The molecular formula is C11H10O5. The molecule has 0 radical (unpaired) electrons. The van der Waals surface area contributed by atoms with Crippen LogP contribution in [-0.2, 0) is 9.53 Å². The molecule has 1 rings (SSSR count). The quantitative estimate of drug-likeness (QED) is 0.473. The van der Waals surface area contributed by atoms with Crippen LogP contribution in [0.5, 0.6) is 11.5 Å². The van der Waals surface area contributed by atoms with Crippen LogP contribution in [0.2, 0.25) is 0 Å². The number of carbonyl (C=O) groups is 2. The predicted octanol–water partition coefficient (Wildman–Crippen LogP) is 1.27. The van der Waals surface area contributed by atoms with Crippen LogP contribution in [0.3, 0.4) is 0 Å². The minimum Gasteiger partial charge on any atom is -0.504 e. The monoisotopic (exact) mass is 222 g/mol. The van der Waals surface area contributed by atoms with Crippen molar-refractivity contribution < 1.29 is 24.2 Å². The summed E-state index contributed by atoms with van der Waals surface area (Å²) in [5.74, 6) is -1.64. The first-order valence-electron chi connectivity index (χ1n) is 4.34. The van der Waals surface area contributed by atoms with Crippen molar-refractivity contribution >= 4 is 11.9 Å². The van der Waals surface area contributed by atoms with Crippen LogP contribution in [-0.4, -0.2) is 24.2 Å². The molecule has 0 bridgehead atoms. The minimum atomic E-state index is -0.836. The summed E-state index contributed by atoms with van der Waals surface area (Å²) in [6.07, 6.45) is 0.884. The molecule has 0 heterocycles. The molecule has 1 aromatic carbocycles. The molecule has 0 aliphatic rings. The van der Waals surface area contributed by atoms with E-state index in [0.717, 1.165) is 6.08 Å². The van der Waals surface area contributed by atoms with Crippen molar-refractivity contribution in [3.05, 3.63) is 36.4 Å². The summed E-state index contributed by atoms with van der Waals surface area (Å²) in [5.41, 5.74) is 0.102. The normalized spacial score (nSPS) is 9.31. The molecular weight excluding hydrogens is 212 g/mol. The Morgan fingerprint density at radius 3 is 2.69 bits per heavy atom. The zero-order valence-corrected chi connectivity index (χ0v) is 8.60. The van der Waals surface area contributed by atoms with E-state index < -0.39 is 11.9 Å². The highest BCUT2D eigenvalue weighted by atomic mass is 16.6. The fourth-order valence-electron chi connectivity index (χ4n) is 0.997. The average molecular weight is 222 g/mol. The molecule has 0 saturated heterocycles. The number of phenols is 1. The Morgan fingerprint density at radius 2 is 2.12 bits per heavy atom. The first-order chi connectivity index (χ1) is 7.58. The van der Waals surface area contributed by atoms with Crippen molar-refractivity contribution in [1.29, 1.82) is 0 Å². The van der Waals surface area contributed by atoms with Gasteiger partial charge in [0.15, 0.2) is 11.5 Å². The molecule has 1 aromatic rings. The molecule has 0 atom stereocenters. The van der Waals surface area contributed by atoms with Crippen LogP contribution >= 0.6 is 0 Å². The van der Waals surface area contributed by atoms with E-state index in [0.29, 0.717) is 0 Å². The largest absolute Gasteiger partial charge is 0.504 e. The fraction of sp³-hybridized carbons (Fsp3) is 0.0909. The summed E-state index contributed by atoms with van der Waals surface area (Å²) in [7, 11) is 1.35. The second-order valence-electron chi connectivity index (χ2n) is 2.80. The van der Waals surface area contributed by atoms with Gasteiger partial charge in [0.1, 0.15) is 0 Å². The number of ether oxygens (including phenoxy) is 2. The number of aromatic hydroxyl groups is 1. The van der Waals surface area contributed by atoms with E-state index in [2.05, 4.69) is 11.3 Å². The van der Waals surface area contributed by atoms with Crippen molar-refractivity contribution in [2.24, 2.45) is 0 Å². The molecule has 0 fully saturated rings. The summed E-state index contributed by atoms with van der Waals surface area (Å²) in [6, 6.07) is 3.86. The van der Waals surface area contributed by atoms with Gasteiger partial charge in [-0.25, -0.2) is 9.59 Å². The second kappa shape index (κ2) is 4.97. The van der Waals surface area contributed by atoms with Gasteiger partial charge in [0, 0.05) is 6.08 Å². The molecule has 0 saturated carbocycles. The number of hydrogen-bond acceptors (Lipinski definition) is 5. The Morgan fingerprint density at radius 1 is 1.44 bits per heavy atom. The van der Waals surface area contributed by atoms with Crippen molar-refractivity contribution in [3.8, 4) is 11.5 Å². The molecule has 0 unspecified atom stereocenters. The minimum absolute atomic E-state index is 0.102. The van der Waals surface area contributed by atoms with E-state index >= 15 is 0 Å².